The predicted molar refractivity (Wildman–Crippen MR) is 69.7 cm³/mol. The molecule has 92 valence electrons. The van der Waals surface area contributed by atoms with Crippen LogP contribution in [0.4, 0.5) is 0 Å². The summed E-state index contributed by atoms with van der Waals surface area (Å²) in [5.41, 5.74) is 0. The largest absolute Gasteiger partial charge is 0.242 e. The molecule has 6 heteroatoms. The van der Waals surface area contributed by atoms with Gasteiger partial charge in [0.15, 0.2) is 0 Å². The van der Waals surface area contributed by atoms with E-state index in [1.165, 1.54) is 18.2 Å². The zero-order valence-electron chi connectivity index (χ0n) is 8.91. The van der Waals surface area contributed by atoms with E-state index in [4.69, 9.17) is 29.6 Å². The van der Waals surface area contributed by atoms with E-state index in [1.54, 1.807) is 0 Å². The first-order valence-corrected chi connectivity index (χ1v) is 7.09. The molecule has 0 aliphatic rings. The normalized spacial score (nSPS) is 11.1. The number of benzene rings is 1. The minimum atomic E-state index is -3.63. The number of halogens is 2. The van der Waals surface area contributed by atoms with E-state index >= 15 is 0 Å². The molecule has 0 fully saturated rings. The molecule has 0 radical (unpaired) electrons. The van der Waals surface area contributed by atoms with Crippen molar-refractivity contribution in [1.82, 2.24) is 4.72 Å². The summed E-state index contributed by atoms with van der Waals surface area (Å²) in [7, 11) is -3.63. The quantitative estimate of drug-likeness (QED) is 0.670. The molecular weight excluding hydrogens is 281 g/mol. The average Bonchev–Trinajstić information content (AvgIpc) is 2.28. The third kappa shape index (κ3) is 4.21. The number of terminal acetylenes is 1. The lowest BCUT2D eigenvalue weighted by molar-refractivity contribution is 0.580. The van der Waals surface area contributed by atoms with E-state index in [2.05, 4.69) is 10.6 Å². The fourth-order valence-corrected chi connectivity index (χ4v) is 2.99. The highest BCUT2D eigenvalue weighted by Gasteiger charge is 2.17. The van der Waals surface area contributed by atoms with E-state index in [0.29, 0.717) is 17.9 Å². The van der Waals surface area contributed by atoms with Gasteiger partial charge in [0.2, 0.25) is 10.0 Å². The topological polar surface area (TPSA) is 46.2 Å². The zero-order chi connectivity index (χ0) is 12.9. The van der Waals surface area contributed by atoms with Gasteiger partial charge in [-0.15, -0.1) is 12.3 Å². The van der Waals surface area contributed by atoms with Crippen LogP contribution in [0.5, 0.6) is 0 Å². The summed E-state index contributed by atoms with van der Waals surface area (Å²) >= 11 is 11.5. The maximum absolute atomic E-state index is 11.9. The summed E-state index contributed by atoms with van der Waals surface area (Å²) in [6, 6.07) is 4.29. The lowest BCUT2D eigenvalue weighted by Crippen LogP contribution is -2.25. The predicted octanol–water partition coefficient (Wildman–Crippen LogP) is 2.69. The lowest BCUT2D eigenvalue weighted by Gasteiger charge is -2.07. The van der Waals surface area contributed by atoms with E-state index in [-0.39, 0.29) is 16.5 Å². The molecule has 0 saturated heterocycles. The van der Waals surface area contributed by atoms with Crippen molar-refractivity contribution in [2.45, 2.75) is 17.7 Å². The van der Waals surface area contributed by atoms with Gasteiger partial charge in [0.1, 0.15) is 4.90 Å². The summed E-state index contributed by atoms with van der Waals surface area (Å²) in [5.74, 6) is 2.43. The third-order valence-electron chi connectivity index (χ3n) is 1.97. The standard InChI is InChI=1S/C11H11Cl2NO2S/c1-2-3-4-7-14-17(15,16)11-8-9(12)5-6-10(11)13/h1,5-6,8,14H,3-4,7H2. The van der Waals surface area contributed by atoms with Gasteiger partial charge in [-0.2, -0.15) is 0 Å². The fourth-order valence-electron chi connectivity index (χ4n) is 1.16. The highest BCUT2D eigenvalue weighted by molar-refractivity contribution is 7.89. The molecule has 3 nitrogen and oxygen atoms in total. The van der Waals surface area contributed by atoms with Crippen LogP contribution in [0.25, 0.3) is 0 Å². The smallest absolute Gasteiger partial charge is 0.211 e. The van der Waals surface area contributed by atoms with Crippen molar-refractivity contribution < 1.29 is 8.42 Å². The second-order valence-corrected chi connectivity index (χ2v) is 5.86. The Balaban J connectivity index is 2.83. The van der Waals surface area contributed by atoms with Crippen molar-refractivity contribution in [2.24, 2.45) is 0 Å². The summed E-state index contributed by atoms with van der Waals surface area (Å²) < 4.78 is 26.1. The molecule has 0 saturated carbocycles. The molecule has 0 heterocycles. The summed E-state index contributed by atoms with van der Waals surface area (Å²) in [6.45, 7) is 0.273. The van der Waals surface area contributed by atoms with Crippen molar-refractivity contribution in [1.29, 1.82) is 0 Å². The Morgan fingerprint density at radius 3 is 2.71 bits per heavy atom. The number of unbranched alkanes of at least 4 members (excludes halogenated alkanes) is 1. The van der Waals surface area contributed by atoms with Crippen molar-refractivity contribution in [3.05, 3.63) is 28.2 Å². The Labute approximate surface area is 111 Å². The van der Waals surface area contributed by atoms with Gasteiger partial charge in [-0.1, -0.05) is 23.2 Å². The number of sulfonamides is 1. The molecule has 0 unspecified atom stereocenters. The van der Waals surface area contributed by atoms with Crippen LogP contribution in [0.1, 0.15) is 12.8 Å². The summed E-state index contributed by atoms with van der Waals surface area (Å²) in [5, 5.41) is 0.456. The molecule has 0 aliphatic heterocycles. The Morgan fingerprint density at radius 1 is 1.35 bits per heavy atom. The van der Waals surface area contributed by atoms with Gasteiger partial charge in [0, 0.05) is 18.0 Å². The molecule has 1 N–H and O–H groups in total. The first-order valence-electron chi connectivity index (χ1n) is 4.85. The Bertz CT molecular complexity index is 535. The average molecular weight is 292 g/mol. The van der Waals surface area contributed by atoms with Crippen molar-refractivity contribution >= 4 is 33.2 Å². The molecular formula is C11H11Cl2NO2S. The summed E-state index contributed by atoms with van der Waals surface area (Å²) in [4.78, 5) is -0.0209. The molecule has 0 spiro atoms. The van der Waals surface area contributed by atoms with Gasteiger partial charge in [0.05, 0.1) is 5.02 Å². The first-order chi connectivity index (χ1) is 7.97. The Morgan fingerprint density at radius 2 is 2.06 bits per heavy atom. The van der Waals surface area contributed by atoms with E-state index < -0.39 is 10.0 Å². The molecule has 1 aromatic carbocycles. The summed E-state index contributed by atoms with van der Waals surface area (Å²) in [6.07, 6.45) is 6.16. The van der Waals surface area contributed by atoms with Gasteiger partial charge in [-0.3, -0.25) is 0 Å². The molecule has 0 aromatic heterocycles. The van der Waals surface area contributed by atoms with Gasteiger partial charge in [0.25, 0.3) is 0 Å². The van der Waals surface area contributed by atoms with Gasteiger partial charge in [-0.25, -0.2) is 13.1 Å². The van der Waals surface area contributed by atoms with Crippen LogP contribution in [0, 0.1) is 12.3 Å². The highest BCUT2D eigenvalue weighted by Crippen LogP contribution is 2.24. The van der Waals surface area contributed by atoms with Crippen molar-refractivity contribution in [2.75, 3.05) is 6.54 Å². The lowest BCUT2D eigenvalue weighted by atomic mass is 10.3. The van der Waals surface area contributed by atoms with Crippen LogP contribution in [-0.4, -0.2) is 15.0 Å². The molecule has 0 aliphatic carbocycles. The van der Waals surface area contributed by atoms with E-state index in [1.807, 2.05) is 0 Å². The number of hydrogen-bond acceptors (Lipinski definition) is 2. The van der Waals surface area contributed by atoms with Crippen LogP contribution in [0.2, 0.25) is 10.0 Å². The SMILES string of the molecule is C#CCCCNS(=O)(=O)c1cc(Cl)ccc1Cl. The van der Waals surface area contributed by atoms with Crippen LogP contribution in [0.3, 0.4) is 0 Å². The molecule has 1 aromatic rings. The first kappa shape index (κ1) is 14.3. The minimum absolute atomic E-state index is 0.0209. The second-order valence-electron chi connectivity index (χ2n) is 3.28. The van der Waals surface area contributed by atoms with Crippen molar-refractivity contribution in [3.63, 3.8) is 0 Å². The van der Waals surface area contributed by atoms with E-state index in [9.17, 15) is 8.42 Å². The third-order valence-corrected chi connectivity index (χ3v) is 4.15. The van der Waals surface area contributed by atoms with Gasteiger partial charge >= 0.3 is 0 Å². The number of hydrogen-bond donors (Lipinski definition) is 1. The number of rotatable bonds is 5. The molecule has 0 amide bonds. The van der Waals surface area contributed by atoms with E-state index in [0.717, 1.165) is 0 Å². The van der Waals surface area contributed by atoms with Gasteiger partial charge < -0.3 is 0 Å². The molecule has 1 rings (SSSR count). The van der Waals surface area contributed by atoms with Crippen LogP contribution < -0.4 is 4.72 Å². The molecule has 17 heavy (non-hydrogen) atoms. The second kappa shape index (κ2) is 6.27. The number of nitrogens with one attached hydrogen (secondary N) is 1. The fraction of sp³-hybridized carbons (Fsp3) is 0.273. The zero-order valence-corrected chi connectivity index (χ0v) is 11.2. The van der Waals surface area contributed by atoms with Crippen molar-refractivity contribution in [3.8, 4) is 12.3 Å². The Hall–Kier alpha value is -0.730. The minimum Gasteiger partial charge on any atom is -0.211 e. The maximum Gasteiger partial charge on any atom is 0.242 e. The molecule has 0 atom stereocenters. The monoisotopic (exact) mass is 291 g/mol. The highest BCUT2D eigenvalue weighted by atomic mass is 35.5. The van der Waals surface area contributed by atoms with Crippen LogP contribution >= 0.6 is 23.2 Å². The molecule has 0 bridgehead atoms. The van der Waals surface area contributed by atoms with Crippen LogP contribution in [-0.2, 0) is 10.0 Å². The maximum atomic E-state index is 11.9. The van der Waals surface area contributed by atoms with Gasteiger partial charge in [-0.05, 0) is 24.6 Å². The Kier molecular flexibility index (Phi) is 5.29. The van der Waals surface area contributed by atoms with Crippen LogP contribution in [0.15, 0.2) is 23.1 Å².